The summed E-state index contributed by atoms with van der Waals surface area (Å²) < 4.78 is 8.31. The number of rotatable bonds is 8. The first-order chi connectivity index (χ1) is 13.5. The molecule has 1 amide bonds. The van der Waals surface area contributed by atoms with Crippen molar-refractivity contribution in [2.75, 3.05) is 5.32 Å². The van der Waals surface area contributed by atoms with Gasteiger partial charge in [-0.3, -0.25) is 4.79 Å². The van der Waals surface area contributed by atoms with E-state index in [0.717, 1.165) is 34.9 Å². The minimum atomic E-state index is -0.0854. The number of aryl methyl sites for hydroxylation is 2. The fourth-order valence-corrected chi connectivity index (χ4v) is 3.15. The van der Waals surface area contributed by atoms with Crippen LogP contribution < -0.4 is 10.1 Å². The summed E-state index contributed by atoms with van der Waals surface area (Å²) in [6.45, 7) is 4.17. The highest BCUT2D eigenvalue weighted by atomic mass is 79.9. The Morgan fingerprint density at radius 1 is 1.24 bits per heavy atom. The molecule has 1 N–H and O–H groups in total. The highest BCUT2D eigenvalue weighted by Crippen LogP contribution is 2.24. The average molecular weight is 479 g/mol. The summed E-state index contributed by atoms with van der Waals surface area (Å²) in [5.41, 5.74) is 2.99. The first kappa shape index (κ1) is 23.0. The number of hydrogen-bond donors (Lipinski definition) is 1. The Labute approximate surface area is 186 Å². The van der Waals surface area contributed by atoms with Crippen molar-refractivity contribution in [3.8, 4) is 5.75 Å². The lowest BCUT2D eigenvalue weighted by molar-refractivity contribution is -0.114. The van der Waals surface area contributed by atoms with Gasteiger partial charge in [-0.2, -0.15) is 0 Å². The molecule has 0 aliphatic carbocycles. The summed E-state index contributed by atoms with van der Waals surface area (Å²) in [5.74, 6) is 0.700. The SMILES string of the molecule is Br.CC(=O)Nc1ccc(OC(CCc2ccc(Cl)cc2)Cn2ccnc2)cc1C. The minimum Gasteiger partial charge on any atom is -0.489 e. The number of ether oxygens (including phenoxy) is 1. The molecule has 0 saturated heterocycles. The zero-order chi connectivity index (χ0) is 19.9. The number of carbonyl (C=O) groups is 1. The molecule has 0 fully saturated rings. The van der Waals surface area contributed by atoms with E-state index in [9.17, 15) is 4.79 Å². The molecule has 3 aromatic rings. The molecule has 5 nitrogen and oxygen atoms in total. The molecule has 0 spiro atoms. The maximum absolute atomic E-state index is 11.3. The molecule has 1 heterocycles. The Bertz CT molecular complexity index is 914. The second-order valence-electron chi connectivity index (χ2n) is 6.82. The Balaban J connectivity index is 0.00000300. The molecule has 29 heavy (non-hydrogen) atoms. The van der Waals surface area contributed by atoms with Crippen molar-refractivity contribution in [2.24, 2.45) is 0 Å². The number of anilines is 1. The molecule has 0 aliphatic heterocycles. The molecule has 0 bridgehead atoms. The van der Waals surface area contributed by atoms with Crippen molar-refractivity contribution in [1.29, 1.82) is 0 Å². The Morgan fingerprint density at radius 3 is 2.62 bits per heavy atom. The lowest BCUT2D eigenvalue weighted by atomic mass is 10.1. The first-order valence-corrected chi connectivity index (χ1v) is 9.62. The predicted molar refractivity (Wildman–Crippen MR) is 122 cm³/mol. The highest BCUT2D eigenvalue weighted by Gasteiger charge is 2.13. The standard InChI is InChI=1S/C22H24ClN3O2.BrH/c1-16-13-20(9-10-22(16)25-17(2)27)28-21(14-26-12-11-24-15-26)8-5-18-3-6-19(23)7-4-18;/h3-4,6-7,9-13,15,21H,5,8,14H2,1-2H3,(H,25,27);1H. The summed E-state index contributed by atoms with van der Waals surface area (Å²) in [6.07, 6.45) is 7.22. The van der Waals surface area contributed by atoms with E-state index >= 15 is 0 Å². The summed E-state index contributed by atoms with van der Waals surface area (Å²) in [4.78, 5) is 15.4. The zero-order valence-electron chi connectivity index (χ0n) is 16.5. The van der Waals surface area contributed by atoms with Crippen molar-refractivity contribution in [3.05, 3.63) is 77.3 Å². The van der Waals surface area contributed by atoms with Crippen LogP contribution in [-0.2, 0) is 17.8 Å². The van der Waals surface area contributed by atoms with E-state index in [2.05, 4.69) is 10.3 Å². The zero-order valence-corrected chi connectivity index (χ0v) is 18.9. The fraction of sp³-hybridized carbons (Fsp3) is 0.273. The van der Waals surface area contributed by atoms with Crippen molar-refractivity contribution < 1.29 is 9.53 Å². The number of carbonyl (C=O) groups excluding carboxylic acids is 1. The van der Waals surface area contributed by atoms with Crippen LogP contribution in [0.4, 0.5) is 5.69 Å². The summed E-state index contributed by atoms with van der Waals surface area (Å²) in [5, 5.41) is 3.56. The van der Waals surface area contributed by atoms with Gasteiger partial charge in [0.05, 0.1) is 12.9 Å². The third-order valence-electron chi connectivity index (χ3n) is 4.45. The van der Waals surface area contributed by atoms with Crippen LogP contribution in [0.25, 0.3) is 0 Å². The van der Waals surface area contributed by atoms with E-state index in [4.69, 9.17) is 16.3 Å². The number of aromatic nitrogens is 2. The summed E-state index contributed by atoms with van der Waals surface area (Å²) in [6, 6.07) is 13.6. The van der Waals surface area contributed by atoms with Gasteiger partial charge >= 0.3 is 0 Å². The number of amides is 1. The third-order valence-corrected chi connectivity index (χ3v) is 4.71. The second-order valence-corrected chi connectivity index (χ2v) is 7.26. The number of nitrogens with one attached hydrogen (secondary N) is 1. The smallest absolute Gasteiger partial charge is 0.221 e. The molecular formula is C22H25BrClN3O2. The summed E-state index contributed by atoms with van der Waals surface area (Å²) >= 11 is 5.97. The number of imidazole rings is 1. The van der Waals surface area contributed by atoms with Gasteiger partial charge in [-0.25, -0.2) is 4.98 Å². The van der Waals surface area contributed by atoms with Crippen LogP contribution in [0.1, 0.15) is 24.5 Å². The Morgan fingerprint density at radius 2 is 2.00 bits per heavy atom. The molecule has 7 heteroatoms. The van der Waals surface area contributed by atoms with Crippen LogP contribution in [0, 0.1) is 6.92 Å². The lowest BCUT2D eigenvalue weighted by Gasteiger charge is -2.21. The molecule has 1 aromatic heterocycles. The first-order valence-electron chi connectivity index (χ1n) is 9.24. The fourth-order valence-electron chi connectivity index (χ4n) is 3.03. The van der Waals surface area contributed by atoms with Gasteiger partial charge in [-0.1, -0.05) is 23.7 Å². The largest absolute Gasteiger partial charge is 0.489 e. The van der Waals surface area contributed by atoms with E-state index in [1.807, 2.05) is 60.2 Å². The number of benzene rings is 2. The lowest BCUT2D eigenvalue weighted by Crippen LogP contribution is -2.23. The monoisotopic (exact) mass is 477 g/mol. The van der Waals surface area contributed by atoms with Gasteiger partial charge in [-0.15, -0.1) is 17.0 Å². The van der Waals surface area contributed by atoms with Gasteiger partial charge in [0.2, 0.25) is 5.91 Å². The van der Waals surface area contributed by atoms with E-state index in [1.165, 1.54) is 12.5 Å². The Hall–Kier alpha value is -2.31. The molecule has 0 saturated carbocycles. The average Bonchev–Trinajstić information content (AvgIpc) is 3.16. The van der Waals surface area contributed by atoms with E-state index in [0.29, 0.717) is 6.54 Å². The molecule has 2 aromatic carbocycles. The van der Waals surface area contributed by atoms with Crippen molar-refractivity contribution in [3.63, 3.8) is 0 Å². The Kier molecular flexibility index (Phi) is 8.73. The molecule has 0 radical (unpaired) electrons. The van der Waals surface area contributed by atoms with Gasteiger partial charge in [0.1, 0.15) is 11.9 Å². The molecular weight excluding hydrogens is 454 g/mol. The second kappa shape index (κ2) is 11.0. The van der Waals surface area contributed by atoms with Crippen molar-refractivity contribution >= 4 is 40.2 Å². The summed E-state index contributed by atoms with van der Waals surface area (Å²) in [7, 11) is 0. The topological polar surface area (TPSA) is 56.1 Å². The van der Waals surface area contributed by atoms with Gasteiger partial charge in [0, 0.05) is 30.0 Å². The highest BCUT2D eigenvalue weighted by molar-refractivity contribution is 8.93. The maximum Gasteiger partial charge on any atom is 0.221 e. The number of hydrogen-bond acceptors (Lipinski definition) is 3. The van der Waals surface area contributed by atoms with Crippen LogP contribution in [0.15, 0.2) is 61.2 Å². The molecule has 1 unspecified atom stereocenters. The van der Waals surface area contributed by atoms with Gasteiger partial charge in [0.15, 0.2) is 0 Å². The van der Waals surface area contributed by atoms with E-state index in [1.54, 1.807) is 12.5 Å². The molecule has 3 rings (SSSR count). The normalized spacial score (nSPS) is 11.4. The van der Waals surface area contributed by atoms with E-state index in [-0.39, 0.29) is 29.0 Å². The van der Waals surface area contributed by atoms with E-state index < -0.39 is 0 Å². The molecule has 1 atom stereocenters. The molecule has 0 aliphatic rings. The van der Waals surface area contributed by atoms with Crippen molar-refractivity contribution in [1.82, 2.24) is 9.55 Å². The van der Waals surface area contributed by atoms with Gasteiger partial charge < -0.3 is 14.6 Å². The number of nitrogens with zero attached hydrogens (tertiary/aromatic N) is 2. The van der Waals surface area contributed by atoms with Crippen LogP contribution in [-0.4, -0.2) is 21.6 Å². The maximum atomic E-state index is 11.3. The minimum absolute atomic E-state index is 0. The van der Waals surface area contributed by atoms with Crippen LogP contribution >= 0.6 is 28.6 Å². The van der Waals surface area contributed by atoms with Gasteiger partial charge in [-0.05, 0) is 61.2 Å². The van der Waals surface area contributed by atoms with Crippen molar-refractivity contribution in [2.45, 2.75) is 39.3 Å². The van der Waals surface area contributed by atoms with Crippen LogP contribution in [0.3, 0.4) is 0 Å². The predicted octanol–water partition coefficient (Wildman–Crippen LogP) is 5.46. The van der Waals surface area contributed by atoms with Crippen LogP contribution in [0.5, 0.6) is 5.75 Å². The quantitative estimate of drug-likeness (QED) is 0.467. The van der Waals surface area contributed by atoms with Crippen LogP contribution in [0.2, 0.25) is 5.02 Å². The van der Waals surface area contributed by atoms with Gasteiger partial charge in [0.25, 0.3) is 0 Å². The number of halogens is 2. The third kappa shape index (κ3) is 7.22. The molecule has 154 valence electrons.